The van der Waals surface area contributed by atoms with Crippen LogP contribution in [0.4, 0.5) is 22.0 Å². The van der Waals surface area contributed by atoms with E-state index in [1.165, 1.54) is 11.6 Å². The zero-order valence-corrected chi connectivity index (χ0v) is 28.4. The lowest BCUT2D eigenvalue weighted by atomic mass is 9.43. The predicted octanol–water partition coefficient (Wildman–Crippen LogP) is 10.8. The number of nitrogens with zero attached hydrogens (tertiary/aromatic N) is 1. The zero-order chi connectivity index (χ0) is 33.0. The van der Waals surface area contributed by atoms with Crippen LogP contribution in [0.5, 0.6) is 0 Å². The fourth-order valence-electron chi connectivity index (χ4n) is 10.1. The second kappa shape index (κ2) is 12.7. The van der Waals surface area contributed by atoms with Gasteiger partial charge in [0.25, 0.3) is 0 Å². The molecule has 1 N–H and O–H groups in total. The lowest BCUT2D eigenvalue weighted by molar-refractivity contribution is -0.364. The summed E-state index contributed by atoms with van der Waals surface area (Å²) < 4.78 is 73.5. The van der Waals surface area contributed by atoms with Crippen LogP contribution in [0.25, 0.3) is 10.2 Å². The Labute approximate surface area is 277 Å². The summed E-state index contributed by atoms with van der Waals surface area (Å²) in [5, 5.41) is 11.3. The summed E-state index contributed by atoms with van der Waals surface area (Å²) in [5.41, 5.74) is -2.66. The summed E-state index contributed by atoms with van der Waals surface area (Å²) in [4.78, 5) is 17.2. The number of carbonyl (C=O) groups excluding carboxylic acids is 1. The van der Waals surface area contributed by atoms with Gasteiger partial charge in [0.2, 0.25) is 0 Å². The van der Waals surface area contributed by atoms with E-state index >= 15 is 8.78 Å². The normalized spacial score (nSPS) is 34.7. The Morgan fingerprint density at radius 2 is 1.65 bits per heavy atom. The molecule has 3 nitrogen and oxygen atoms in total. The minimum Gasteiger partial charge on any atom is -0.383 e. The number of thiazole rings is 1. The molecule has 2 aromatic rings. The van der Waals surface area contributed by atoms with E-state index in [1.807, 2.05) is 36.0 Å². The van der Waals surface area contributed by atoms with Crippen molar-refractivity contribution in [2.24, 2.45) is 34.5 Å². The second-order valence-corrected chi connectivity index (χ2v) is 17.3. The van der Waals surface area contributed by atoms with Gasteiger partial charge in [-0.1, -0.05) is 75.4 Å². The molecule has 1 aromatic carbocycles. The van der Waals surface area contributed by atoms with Gasteiger partial charge in [0, 0.05) is 17.6 Å². The van der Waals surface area contributed by atoms with Crippen molar-refractivity contribution in [3.63, 3.8) is 0 Å². The number of ketones is 1. The number of fused-ring (bicyclic) bond motifs is 6. The lowest BCUT2D eigenvalue weighted by Gasteiger charge is -2.62. The number of hydrogen-bond donors (Lipinski definition) is 1. The summed E-state index contributed by atoms with van der Waals surface area (Å²) >= 11 is 3.55. The van der Waals surface area contributed by atoms with Crippen LogP contribution < -0.4 is 0 Å². The third-order valence-electron chi connectivity index (χ3n) is 12.6. The first kappa shape index (κ1) is 34.3. The summed E-state index contributed by atoms with van der Waals surface area (Å²) in [7, 11) is 0. The molecule has 0 spiro atoms. The van der Waals surface area contributed by atoms with E-state index in [2.05, 4.69) is 13.0 Å². The van der Waals surface area contributed by atoms with E-state index in [-0.39, 0.29) is 41.8 Å². The van der Waals surface area contributed by atoms with Crippen LogP contribution >= 0.6 is 23.1 Å². The summed E-state index contributed by atoms with van der Waals surface area (Å²) in [6.45, 7) is 3.69. The van der Waals surface area contributed by atoms with Crippen molar-refractivity contribution < 1.29 is 31.9 Å². The molecular weight excluding hydrogens is 638 g/mol. The number of para-hydroxylation sites is 1. The average molecular weight is 684 g/mol. The van der Waals surface area contributed by atoms with Gasteiger partial charge >= 0.3 is 12.1 Å². The first-order valence-corrected chi connectivity index (χ1v) is 18.9. The molecule has 46 heavy (non-hydrogen) atoms. The Balaban J connectivity index is 1.07. The summed E-state index contributed by atoms with van der Waals surface area (Å²) in [6, 6.07) is 8.18. The van der Waals surface area contributed by atoms with Gasteiger partial charge < -0.3 is 5.11 Å². The molecule has 3 fully saturated rings. The lowest BCUT2D eigenvalue weighted by Crippen LogP contribution is -2.66. The Morgan fingerprint density at radius 1 is 0.957 bits per heavy atom. The van der Waals surface area contributed by atoms with E-state index in [0.29, 0.717) is 25.7 Å². The number of rotatable bonds is 11. The van der Waals surface area contributed by atoms with Gasteiger partial charge in [0.15, 0.2) is 10.1 Å². The molecule has 4 aliphatic rings. The average Bonchev–Trinajstić information content (AvgIpc) is 3.54. The van der Waals surface area contributed by atoms with Gasteiger partial charge in [0.05, 0.1) is 10.2 Å². The number of benzene rings is 1. The first-order valence-electron chi connectivity index (χ1n) is 17.1. The number of hydrogen-bond acceptors (Lipinski definition) is 5. The molecule has 1 heterocycles. The van der Waals surface area contributed by atoms with Crippen molar-refractivity contribution in [3.8, 4) is 0 Å². The van der Waals surface area contributed by atoms with Crippen LogP contribution in [0.15, 0.2) is 40.3 Å². The molecule has 0 amide bonds. The Hall–Kier alpha value is -1.52. The molecule has 3 saturated carbocycles. The van der Waals surface area contributed by atoms with Gasteiger partial charge in [-0.3, -0.25) is 4.79 Å². The molecule has 254 valence electrons. The number of alkyl halides is 5. The number of aliphatic hydroxyl groups is 1. The van der Waals surface area contributed by atoms with E-state index in [4.69, 9.17) is 4.98 Å². The van der Waals surface area contributed by atoms with Gasteiger partial charge in [-0.25, -0.2) is 4.98 Å². The Kier molecular flexibility index (Phi) is 9.51. The topological polar surface area (TPSA) is 50.2 Å². The molecule has 4 aliphatic carbocycles. The zero-order valence-electron chi connectivity index (χ0n) is 26.8. The fraction of sp³-hybridized carbons (Fsp3) is 0.722. The molecule has 10 heteroatoms. The molecule has 0 bridgehead atoms. The van der Waals surface area contributed by atoms with Crippen LogP contribution in [-0.2, 0) is 4.79 Å². The van der Waals surface area contributed by atoms with E-state index in [1.54, 1.807) is 11.3 Å². The predicted molar refractivity (Wildman–Crippen MR) is 174 cm³/mol. The maximum atomic E-state index is 15.0. The standard InChI is InChI=1S/C36H46F5NO2S2/c1-32-17-14-25(43)22-24(32)21-23(11-7-5-3-4-6-10-20-45-31-42-28-12-8-9-13-29(28)46-31)30-26(32)15-18-33(2)27(30)16-19-34(33,44)35(37,38)36(39,40)41/h8-9,12-13,22-23,26-27,30,44H,3-7,10-11,14-21H2,1-2H3/t23-,26+,27+,30-,32+,33+,34+/m1/s1. The molecule has 0 unspecified atom stereocenters. The van der Waals surface area contributed by atoms with E-state index < -0.39 is 35.5 Å². The first-order chi connectivity index (χ1) is 21.7. The van der Waals surface area contributed by atoms with Crippen LogP contribution in [0.2, 0.25) is 0 Å². The maximum Gasteiger partial charge on any atom is 0.456 e. The highest BCUT2D eigenvalue weighted by Gasteiger charge is 2.79. The fourth-order valence-corrected chi connectivity index (χ4v) is 12.2. The van der Waals surface area contributed by atoms with E-state index in [0.717, 1.165) is 66.1 Å². The third-order valence-corrected chi connectivity index (χ3v) is 14.9. The molecule has 0 aliphatic heterocycles. The molecular formula is C36H46F5NO2S2. The minimum atomic E-state index is -5.80. The van der Waals surface area contributed by atoms with Gasteiger partial charge in [-0.05, 0) is 98.7 Å². The van der Waals surface area contributed by atoms with Crippen molar-refractivity contribution in [3.05, 3.63) is 35.9 Å². The van der Waals surface area contributed by atoms with Crippen LogP contribution in [0.1, 0.15) is 104 Å². The third kappa shape index (κ3) is 5.78. The largest absolute Gasteiger partial charge is 0.456 e. The molecule has 6 rings (SSSR count). The molecule has 0 saturated heterocycles. The Bertz CT molecular complexity index is 1420. The highest BCUT2D eigenvalue weighted by atomic mass is 32.2. The number of unbranched alkanes of at least 4 members (excludes halogenated alkanes) is 5. The van der Waals surface area contributed by atoms with Gasteiger partial charge in [0.1, 0.15) is 5.60 Å². The van der Waals surface area contributed by atoms with Crippen molar-refractivity contribution >= 4 is 39.1 Å². The molecule has 0 radical (unpaired) electrons. The van der Waals surface area contributed by atoms with Crippen molar-refractivity contribution in [2.75, 3.05) is 5.75 Å². The van der Waals surface area contributed by atoms with Crippen molar-refractivity contribution in [1.82, 2.24) is 4.98 Å². The summed E-state index contributed by atoms with van der Waals surface area (Å²) in [6.07, 6.45) is 5.55. The highest BCUT2D eigenvalue weighted by Crippen LogP contribution is 2.72. The highest BCUT2D eigenvalue weighted by molar-refractivity contribution is 8.01. The van der Waals surface area contributed by atoms with E-state index in [9.17, 15) is 23.1 Å². The number of carbonyl (C=O) groups is 1. The van der Waals surface area contributed by atoms with Crippen molar-refractivity contribution in [2.45, 2.75) is 126 Å². The Morgan fingerprint density at radius 3 is 2.39 bits per heavy atom. The maximum absolute atomic E-state index is 15.0. The van der Waals surface area contributed by atoms with Gasteiger partial charge in [-0.2, -0.15) is 22.0 Å². The molecule has 7 atom stereocenters. The minimum absolute atomic E-state index is 0.0355. The van der Waals surface area contributed by atoms with Crippen molar-refractivity contribution in [1.29, 1.82) is 0 Å². The SMILES string of the molecule is C[C@]12CCC(=O)C=C1C[C@@H](CCCCCCCCSc1nc3ccccc3s1)[C@@H]1[C@@H]2CC[C@@]2(C)[C@H]1CC[C@@]2(O)C(F)(F)C(F)(F)F. The number of thioether (sulfide) groups is 1. The number of allylic oxidation sites excluding steroid dienone is 1. The van der Waals surface area contributed by atoms with Crippen LogP contribution in [-0.4, -0.2) is 39.3 Å². The number of halogens is 5. The quantitative estimate of drug-likeness (QED) is 0.146. The second-order valence-electron chi connectivity index (χ2n) is 14.9. The summed E-state index contributed by atoms with van der Waals surface area (Å²) in [5.74, 6) is -4.20. The van der Waals surface area contributed by atoms with Crippen LogP contribution in [0, 0.1) is 34.5 Å². The smallest absolute Gasteiger partial charge is 0.383 e. The number of aromatic nitrogens is 1. The monoisotopic (exact) mass is 683 g/mol. The van der Waals surface area contributed by atoms with Crippen LogP contribution in [0.3, 0.4) is 0 Å². The molecule has 1 aromatic heterocycles. The van der Waals surface area contributed by atoms with Gasteiger partial charge in [-0.15, -0.1) is 11.3 Å².